The Balaban J connectivity index is 2.00. The van der Waals surface area contributed by atoms with E-state index in [0.717, 1.165) is 26.3 Å². The van der Waals surface area contributed by atoms with Gasteiger partial charge in [0.25, 0.3) is 0 Å². The Bertz CT molecular complexity index is 422. The zero-order valence-corrected chi connectivity index (χ0v) is 13.2. The van der Waals surface area contributed by atoms with Gasteiger partial charge in [-0.25, -0.2) is 0 Å². The van der Waals surface area contributed by atoms with Crippen LogP contribution in [-0.2, 0) is 10.2 Å². The van der Waals surface area contributed by atoms with E-state index in [1.165, 1.54) is 11.1 Å². The Morgan fingerprint density at radius 2 is 1.95 bits per heavy atom. The highest BCUT2D eigenvalue weighted by molar-refractivity contribution is 5.29. The molecule has 0 spiro atoms. The number of nitrogens with zero attached hydrogens (tertiary/aromatic N) is 1. The predicted octanol–water partition coefficient (Wildman–Crippen LogP) is 2.70. The molecule has 2 atom stereocenters. The standard InChI is InChI=1S/C17H28N2O/c1-13-12-20-10-9-19(13)11-16(18)14-5-7-15(8-6-14)17(2,3)4/h5-8,13,16H,9-12,18H2,1-4H3. The van der Waals surface area contributed by atoms with E-state index >= 15 is 0 Å². The first-order valence-electron chi connectivity index (χ1n) is 7.56. The summed E-state index contributed by atoms with van der Waals surface area (Å²) in [5.74, 6) is 0. The monoisotopic (exact) mass is 276 g/mol. The first-order chi connectivity index (χ1) is 9.38. The molecule has 1 heterocycles. The van der Waals surface area contributed by atoms with Crippen LogP contribution in [0.2, 0.25) is 0 Å². The molecule has 2 unspecified atom stereocenters. The van der Waals surface area contributed by atoms with Gasteiger partial charge in [0.05, 0.1) is 13.2 Å². The second-order valence-corrected chi connectivity index (χ2v) is 6.90. The highest BCUT2D eigenvalue weighted by Crippen LogP contribution is 2.24. The summed E-state index contributed by atoms with van der Waals surface area (Å²) in [7, 11) is 0. The highest BCUT2D eigenvalue weighted by Gasteiger charge is 2.21. The van der Waals surface area contributed by atoms with E-state index in [9.17, 15) is 0 Å². The van der Waals surface area contributed by atoms with Crippen molar-refractivity contribution in [3.63, 3.8) is 0 Å². The Hall–Kier alpha value is -0.900. The number of morpholine rings is 1. The fourth-order valence-electron chi connectivity index (χ4n) is 2.62. The molecule has 20 heavy (non-hydrogen) atoms. The molecule has 0 aliphatic carbocycles. The molecule has 1 saturated heterocycles. The van der Waals surface area contributed by atoms with Gasteiger partial charge in [0, 0.05) is 25.2 Å². The molecular weight excluding hydrogens is 248 g/mol. The Kier molecular flexibility index (Phi) is 4.84. The minimum atomic E-state index is 0.0737. The number of hydrogen-bond acceptors (Lipinski definition) is 3. The van der Waals surface area contributed by atoms with Crippen LogP contribution < -0.4 is 5.73 Å². The lowest BCUT2D eigenvalue weighted by Gasteiger charge is -2.35. The lowest BCUT2D eigenvalue weighted by atomic mass is 9.86. The fraction of sp³-hybridized carbons (Fsp3) is 0.647. The van der Waals surface area contributed by atoms with Crippen LogP contribution in [0, 0.1) is 0 Å². The van der Waals surface area contributed by atoms with Gasteiger partial charge in [0.1, 0.15) is 0 Å². The summed E-state index contributed by atoms with van der Waals surface area (Å²) in [5, 5.41) is 0. The molecule has 3 nitrogen and oxygen atoms in total. The van der Waals surface area contributed by atoms with Crippen molar-refractivity contribution in [1.29, 1.82) is 0 Å². The minimum Gasteiger partial charge on any atom is -0.379 e. The second kappa shape index (κ2) is 6.25. The van der Waals surface area contributed by atoms with Gasteiger partial charge >= 0.3 is 0 Å². The van der Waals surface area contributed by atoms with Gasteiger partial charge in [-0.15, -0.1) is 0 Å². The molecule has 1 aromatic carbocycles. The van der Waals surface area contributed by atoms with Gasteiger partial charge in [-0.3, -0.25) is 4.90 Å². The molecule has 1 aliphatic heterocycles. The van der Waals surface area contributed by atoms with Crippen LogP contribution in [0.3, 0.4) is 0 Å². The SMILES string of the molecule is CC1COCCN1CC(N)c1ccc(C(C)(C)C)cc1. The van der Waals surface area contributed by atoms with E-state index in [2.05, 4.69) is 56.9 Å². The average molecular weight is 276 g/mol. The molecule has 2 N–H and O–H groups in total. The molecule has 1 fully saturated rings. The van der Waals surface area contributed by atoms with E-state index in [1.54, 1.807) is 0 Å². The van der Waals surface area contributed by atoms with Crippen molar-refractivity contribution in [2.75, 3.05) is 26.3 Å². The molecule has 3 heteroatoms. The smallest absolute Gasteiger partial charge is 0.0619 e. The third kappa shape index (κ3) is 3.81. The van der Waals surface area contributed by atoms with Gasteiger partial charge in [0.2, 0.25) is 0 Å². The number of hydrogen-bond donors (Lipinski definition) is 1. The fourth-order valence-corrected chi connectivity index (χ4v) is 2.62. The highest BCUT2D eigenvalue weighted by atomic mass is 16.5. The third-order valence-electron chi connectivity index (χ3n) is 4.14. The van der Waals surface area contributed by atoms with Gasteiger partial charge < -0.3 is 10.5 Å². The van der Waals surface area contributed by atoms with Crippen molar-refractivity contribution >= 4 is 0 Å². The quantitative estimate of drug-likeness (QED) is 0.922. The molecule has 1 aliphatic rings. The number of benzene rings is 1. The van der Waals surface area contributed by atoms with E-state index in [-0.39, 0.29) is 11.5 Å². The molecule has 0 amide bonds. The Morgan fingerprint density at radius 1 is 1.30 bits per heavy atom. The maximum atomic E-state index is 6.36. The van der Waals surface area contributed by atoms with Gasteiger partial charge in [-0.05, 0) is 23.5 Å². The van der Waals surface area contributed by atoms with Gasteiger partial charge in [0.15, 0.2) is 0 Å². The van der Waals surface area contributed by atoms with Crippen LogP contribution in [0.15, 0.2) is 24.3 Å². The Labute approximate surface area is 123 Å². The van der Waals surface area contributed by atoms with Crippen LogP contribution in [0.5, 0.6) is 0 Å². The number of ether oxygens (including phenoxy) is 1. The maximum Gasteiger partial charge on any atom is 0.0619 e. The van der Waals surface area contributed by atoms with Crippen molar-refractivity contribution in [2.24, 2.45) is 5.73 Å². The maximum absolute atomic E-state index is 6.36. The molecule has 112 valence electrons. The van der Waals surface area contributed by atoms with Crippen LogP contribution in [-0.4, -0.2) is 37.2 Å². The molecular formula is C17H28N2O. The summed E-state index contributed by atoms with van der Waals surface area (Å²) in [6, 6.07) is 9.30. The van der Waals surface area contributed by atoms with E-state index < -0.39 is 0 Å². The van der Waals surface area contributed by atoms with Crippen molar-refractivity contribution in [3.8, 4) is 0 Å². The molecule has 0 saturated carbocycles. The summed E-state index contributed by atoms with van der Waals surface area (Å²) in [5.41, 5.74) is 9.13. The summed E-state index contributed by atoms with van der Waals surface area (Å²) in [6.07, 6.45) is 0. The first-order valence-corrected chi connectivity index (χ1v) is 7.56. The topological polar surface area (TPSA) is 38.5 Å². The van der Waals surface area contributed by atoms with Gasteiger partial charge in [-0.2, -0.15) is 0 Å². The Morgan fingerprint density at radius 3 is 2.50 bits per heavy atom. The van der Waals surface area contributed by atoms with Crippen molar-refractivity contribution in [2.45, 2.75) is 45.2 Å². The van der Waals surface area contributed by atoms with Crippen molar-refractivity contribution in [3.05, 3.63) is 35.4 Å². The normalized spacial score (nSPS) is 22.8. The minimum absolute atomic E-state index is 0.0737. The summed E-state index contributed by atoms with van der Waals surface area (Å²) < 4.78 is 5.47. The van der Waals surface area contributed by atoms with Crippen molar-refractivity contribution < 1.29 is 4.74 Å². The van der Waals surface area contributed by atoms with Crippen LogP contribution >= 0.6 is 0 Å². The zero-order valence-electron chi connectivity index (χ0n) is 13.2. The van der Waals surface area contributed by atoms with Crippen molar-refractivity contribution in [1.82, 2.24) is 4.90 Å². The van der Waals surface area contributed by atoms with E-state index in [0.29, 0.717) is 6.04 Å². The molecule has 0 radical (unpaired) electrons. The number of rotatable bonds is 3. The summed E-state index contributed by atoms with van der Waals surface area (Å²) in [4.78, 5) is 2.42. The molecule has 0 bridgehead atoms. The number of nitrogens with two attached hydrogens (primary N) is 1. The summed E-state index contributed by atoms with van der Waals surface area (Å²) >= 11 is 0. The second-order valence-electron chi connectivity index (χ2n) is 6.90. The van der Waals surface area contributed by atoms with Crippen LogP contribution in [0.25, 0.3) is 0 Å². The van der Waals surface area contributed by atoms with Crippen LogP contribution in [0.1, 0.15) is 44.9 Å². The lowest BCUT2D eigenvalue weighted by molar-refractivity contribution is -0.00280. The molecule has 1 aromatic rings. The molecule has 0 aromatic heterocycles. The average Bonchev–Trinajstić information content (AvgIpc) is 2.40. The molecule has 2 rings (SSSR count). The van der Waals surface area contributed by atoms with E-state index in [4.69, 9.17) is 10.5 Å². The van der Waals surface area contributed by atoms with E-state index in [1.807, 2.05) is 0 Å². The summed E-state index contributed by atoms with van der Waals surface area (Å²) in [6.45, 7) is 12.4. The lowest BCUT2D eigenvalue weighted by Crippen LogP contribution is -2.46. The van der Waals surface area contributed by atoms with Gasteiger partial charge in [-0.1, -0.05) is 45.0 Å². The largest absolute Gasteiger partial charge is 0.379 e. The first kappa shape index (κ1) is 15.5. The van der Waals surface area contributed by atoms with Crippen LogP contribution in [0.4, 0.5) is 0 Å². The zero-order chi connectivity index (χ0) is 14.8. The third-order valence-corrected chi connectivity index (χ3v) is 4.14. The predicted molar refractivity (Wildman–Crippen MR) is 83.9 cm³/mol.